The van der Waals surface area contributed by atoms with Crippen molar-refractivity contribution in [1.82, 2.24) is 5.32 Å². The molecule has 19 heavy (non-hydrogen) atoms. The van der Waals surface area contributed by atoms with Gasteiger partial charge in [0, 0.05) is 35.9 Å². The molecule has 1 unspecified atom stereocenters. The first kappa shape index (κ1) is 14.4. The van der Waals surface area contributed by atoms with Crippen molar-refractivity contribution in [2.45, 2.75) is 19.6 Å². The van der Waals surface area contributed by atoms with E-state index < -0.39 is 0 Å². The van der Waals surface area contributed by atoms with Crippen molar-refractivity contribution in [2.24, 2.45) is 0 Å². The van der Waals surface area contributed by atoms with E-state index >= 15 is 0 Å². The van der Waals surface area contributed by atoms with Gasteiger partial charge in [0.25, 0.3) is 0 Å². The van der Waals surface area contributed by atoms with Crippen LogP contribution in [0.3, 0.4) is 0 Å². The van der Waals surface area contributed by atoms with Crippen LogP contribution in [0.1, 0.15) is 12.5 Å². The molecule has 1 aliphatic heterocycles. The molecular weight excluding hydrogens is 260 g/mol. The van der Waals surface area contributed by atoms with E-state index in [0.29, 0.717) is 13.2 Å². The maximum atomic E-state index is 12.2. The molecule has 0 aromatic heterocycles. The number of carbonyl (C=O) groups excluding carboxylic acids is 1. The Balaban J connectivity index is 1.99. The summed E-state index contributed by atoms with van der Waals surface area (Å²) in [6.07, 6.45) is 0. The molecule has 1 aromatic rings. The third kappa shape index (κ3) is 4.23. The lowest BCUT2D eigenvalue weighted by molar-refractivity contribution is -0.117. The van der Waals surface area contributed by atoms with Crippen LogP contribution >= 0.6 is 11.8 Å². The van der Waals surface area contributed by atoms with Gasteiger partial charge in [0.15, 0.2) is 0 Å². The van der Waals surface area contributed by atoms with Gasteiger partial charge in [-0.15, -0.1) is 0 Å². The number of benzene rings is 1. The van der Waals surface area contributed by atoms with Gasteiger partial charge in [-0.3, -0.25) is 4.79 Å². The van der Waals surface area contributed by atoms with Crippen LogP contribution in [0.2, 0.25) is 0 Å². The van der Waals surface area contributed by atoms with Crippen molar-refractivity contribution < 1.29 is 9.53 Å². The van der Waals surface area contributed by atoms with Crippen LogP contribution in [-0.2, 0) is 16.1 Å². The minimum atomic E-state index is -0.0982. The second kappa shape index (κ2) is 7.53. The predicted octanol–water partition coefficient (Wildman–Crippen LogP) is 1.87. The Hall–Kier alpha value is -1.04. The molecule has 104 valence electrons. The monoisotopic (exact) mass is 280 g/mol. The molecule has 1 saturated heterocycles. The smallest absolute Gasteiger partial charge is 0.242 e. The molecule has 4 nitrogen and oxygen atoms in total. The van der Waals surface area contributed by atoms with Crippen LogP contribution in [0.5, 0.6) is 0 Å². The highest BCUT2D eigenvalue weighted by molar-refractivity contribution is 7.99. The number of hydrogen-bond acceptors (Lipinski definition) is 4. The van der Waals surface area contributed by atoms with Gasteiger partial charge in [0.2, 0.25) is 5.91 Å². The van der Waals surface area contributed by atoms with Crippen LogP contribution in [0.4, 0.5) is 5.69 Å². The maximum absolute atomic E-state index is 12.2. The zero-order chi connectivity index (χ0) is 13.5. The molecule has 1 fully saturated rings. The third-order valence-corrected chi connectivity index (χ3v) is 4.04. The first-order chi connectivity index (χ1) is 9.31. The lowest BCUT2D eigenvalue weighted by Gasteiger charge is -2.22. The van der Waals surface area contributed by atoms with E-state index in [1.54, 1.807) is 0 Å². The summed E-state index contributed by atoms with van der Waals surface area (Å²) in [4.78, 5) is 12.2. The Morgan fingerprint density at radius 2 is 2.37 bits per heavy atom. The quantitative estimate of drug-likeness (QED) is 0.864. The molecule has 2 rings (SSSR count). The first-order valence-corrected chi connectivity index (χ1v) is 7.74. The molecule has 0 saturated carbocycles. The van der Waals surface area contributed by atoms with Gasteiger partial charge in [-0.1, -0.05) is 18.2 Å². The SMILES string of the molecule is CCOCc1ccccc1NC(=O)C1CSCCN1. The molecular formula is C14H20N2O2S. The minimum absolute atomic E-state index is 0.0381. The van der Waals surface area contributed by atoms with Crippen molar-refractivity contribution >= 4 is 23.4 Å². The fourth-order valence-electron chi connectivity index (χ4n) is 1.93. The van der Waals surface area contributed by atoms with Gasteiger partial charge in [-0.05, 0) is 13.0 Å². The number of anilines is 1. The summed E-state index contributed by atoms with van der Waals surface area (Å²) in [5.41, 5.74) is 1.86. The Kier molecular flexibility index (Phi) is 5.69. The van der Waals surface area contributed by atoms with E-state index in [0.717, 1.165) is 29.3 Å². The van der Waals surface area contributed by atoms with E-state index in [9.17, 15) is 4.79 Å². The van der Waals surface area contributed by atoms with E-state index in [-0.39, 0.29) is 11.9 Å². The number of thioether (sulfide) groups is 1. The van der Waals surface area contributed by atoms with Gasteiger partial charge in [-0.25, -0.2) is 0 Å². The summed E-state index contributed by atoms with van der Waals surface area (Å²) < 4.78 is 5.42. The van der Waals surface area contributed by atoms with Crippen molar-refractivity contribution in [3.05, 3.63) is 29.8 Å². The molecule has 1 amide bonds. The highest BCUT2D eigenvalue weighted by Gasteiger charge is 2.21. The van der Waals surface area contributed by atoms with Crippen LogP contribution in [0.25, 0.3) is 0 Å². The molecule has 2 N–H and O–H groups in total. The van der Waals surface area contributed by atoms with Crippen molar-refractivity contribution in [1.29, 1.82) is 0 Å². The topological polar surface area (TPSA) is 50.4 Å². The Morgan fingerprint density at radius 1 is 1.53 bits per heavy atom. The van der Waals surface area contributed by atoms with Crippen molar-refractivity contribution in [3.8, 4) is 0 Å². The van der Waals surface area contributed by atoms with Gasteiger partial charge in [0.1, 0.15) is 0 Å². The zero-order valence-electron chi connectivity index (χ0n) is 11.1. The number of hydrogen-bond donors (Lipinski definition) is 2. The number of amides is 1. The molecule has 5 heteroatoms. The lowest BCUT2D eigenvalue weighted by Crippen LogP contribution is -2.46. The number of rotatable bonds is 5. The Morgan fingerprint density at radius 3 is 3.11 bits per heavy atom. The molecule has 1 heterocycles. The number of para-hydroxylation sites is 1. The lowest BCUT2D eigenvalue weighted by atomic mass is 10.1. The average Bonchev–Trinajstić information content (AvgIpc) is 2.47. The summed E-state index contributed by atoms with van der Waals surface area (Å²) in [7, 11) is 0. The molecule has 0 radical (unpaired) electrons. The van der Waals surface area contributed by atoms with E-state index in [1.165, 1.54) is 0 Å². The summed E-state index contributed by atoms with van der Waals surface area (Å²) >= 11 is 1.81. The fraction of sp³-hybridized carbons (Fsp3) is 0.500. The minimum Gasteiger partial charge on any atom is -0.377 e. The Bertz CT molecular complexity index is 420. The van der Waals surface area contributed by atoms with Crippen LogP contribution in [0, 0.1) is 0 Å². The molecule has 1 aromatic carbocycles. The van der Waals surface area contributed by atoms with Crippen molar-refractivity contribution in [2.75, 3.05) is 30.0 Å². The van der Waals surface area contributed by atoms with E-state index in [1.807, 2.05) is 43.0 Å². The molecule has 1 aliphatic rings. The standard InChI is InChI=1S/C14H20N2O2S/c1-2-18-9-11-5-3-4-6-12(11)16-14(17)13-10-19-8-7-15-13/h3-6,13,15H,2,7-10H2,1H3,(H,16,17). The number of carbonyl (C=O) groups is 1. The largest absolute Gasteiger partial charge is 0.377 e. The first-order valence-electron chi connectivity index (χ1n) is 6.59. The van der Waals surface area contributed by atoms with Gasteiger partial charge < -0.3 is 15.4 Å². The average molecular weight is 280 g/mol. The van der Waals surface area contributed by atoms with Gasteiger partial charge in [0.05, 0.1) is 12.6 Å². The Labute approximate surface area is 118 Å². The summed E-state index contributed by atoms with van der Waals surface area (Å²) in [6, 6.07) is 7.68. The summed E-state index contributed by atoms with van der Waals surface area (Å²) in [5, 5.41) is 6.23. The highest BCUT2D eigenvalue weighted by Crippen LogP contribution is 2.17. The van der Waals surface area contributed by atoms with Gasteiger partial charge >= 0.3 is 0 Å². The molecule has 0 spiro atoms. The van der Waals surface area contributed by atoms with Crippen molar-refractivity contribution in [3.63, 3.8) is 0 Å². The maximum Gasteiger partial charge on any atom is 0.242 e. The van der Waals surface area contributed by atoms with Crippen LogP contribution in [-0.4, -0.2) is 36.6 Å². The molecule has 0 aliphatic carbocycles. The van der Waals surface area contributed by atoms with Crippen LogP contribution < -0.4 is 10.6 Å². The van der Waals surface area contributed by atoms with Gasteiger partial charge in [-0.2, -0.15) is 11.8 Å². The number of nitrogens with one attached hydrogen (secondary N) is 2. The zero-order valence-corrected chi connectivity index (χ0v) is 12.0. The summed E-state index contributed by atoms with van der Waals surface area (Å²) in [6.45, 7) is 4.05. The second-order valence-electron chi connectivity index (χ2n) is 4.37. The molecule has 0 bridgehead atoms. The third-order valence-electron chi connectivity index (χ3n) is 2.98. The van der Waals surface area contributed by atoms with Crippen LogP contribution in [0.15, 0.2) is 24.3 Å². The predicted molar refractivity (Wildman–Crippen MR) is 79.5 cm³/mol. The summed E-state index contributed by atoms with van der Waals surface area (Å²) in [5.74, 6) is 1.95. The second-order valence-corrected chi connectivity index (χ2v) is 5.51. The van der Waals surface area contributed by atoms with E-state index in [4.69, 9.17) is 4.74 Å². The normalized spacial score (nSPS) is 19.1. The fourth-order valence-corrected chi connectivity index (χ4v) is 2.87. The highest BCUT2D eigenvalue weighted by atomic mass is 32.2. The number of ether oxygens (including phenoxy) is 1. The molecule has 1 atom stereocenters. The van der Waals surface area contributed by atoms with E-state index in [2.05, 4.69) is 10.6 Å².